The molecule has 1 aliphatic heterocycles. The Morgan fingerprint density at radius 2 is 2.14 bits per heavy atom. The summed E-state index contributed by atoms with van der Waals surface area (Å²) < 4.78 is 7.13. The van der Waals surface area contributed by atoms with Gasteiger partial charge < -0.3 is 9.84 Å². The normalized spacial score (nSPS) is 22.8. The molecule has 1 saturated heterocycles. The minimum absolute atomic E-state index is 0.0934. The molecule has 7 heteroatoms. The largest absolute Gasteiger partial charge is 0.395 e. The lowest BCUT2D eigenvalue weighted by Crippen LogP contribution is -2.33. The smallest absolute Gasteiger partial charge is 0.170 e. The van der Waals surface area contributed by atoms with Crippen LogP contribution in [0.25, 0.3) is 5.69 Å². The van der Waals surface area contributed by atoms with Gasteiger partial charge >= 0.3 is 0 Å². The SMILES string of the molecule is CO[C@@H]1C[C@@H](CO)N(Cc2nnnn2-c2ccccc2)C1. The second-order valence-electron chi connectivity index (χ2n) is 5.20. The van der Waals surface area contributed by atoms with Crippen LogP contribution in [0.1, 0.15) is 12.2 Å². The van der Waals surface area contributed by atoms with Crippen molar-refractivity contribution < 1.29 is 9.84 Å². The molecule has 112 valence electrons. The molecule has 1 fully saturated rings. The zero-order valence-electron chi connectivity index (χ0n) is 12.0. The quantitative estimate of drug-likeness (QED) is 0.850. The number of rotatable bonds is 5. The fraction of sp³-hybridized carbons (Fsp3) is 0.500. The van der Waals surface area contributed by atoms with Crippen molar-refractivity contribution in [3.05, 3.63) is 36.2 Å². The van der Waals surface area contributed by atoms with E-state index >= 15 is 0 Å². The molecular weight excluding hydrogens is 270 g/mol. The first kappa shape index (κ1) is 14.1. The van der Waals surface area contributed by atoms with E-state index in [1.807, 2.05) is 30.3 Å². The van der Waals surface area contributed by atoms with E-state index in [1.54, 1.807) is 11.8 Å². The Bertz CT molecular complexity index is 574. The van der Waals surface area contributed by atoms with Crippen molar-refractivity contribution in [2.45, 2.75) is 25.1 Å². The van der Waals surface area contributed by atoms with Crippen molar-refractivity contribution in [3.8, 4) is 5.69 Å². The standard InChI is InChI=1S/C14H19N5O2/c1-21-13-7-12(10-20)18(8-13)9-14-15-16-17-19(14)11-5-3-2-4-6-11/h2-6,12-13,20H,7-10H2,1H3/t12-,13+/m0/s1. The van der Waals surface area contributed by atoms with Gasteiger partial charge in [0.1, 0.15) is 0 Å². The highest BCUT2D eigenvalue weighted by Gasteiger charge is 2.32. The maximum Gasteiger partial charge on any atom is 0.170 e. The molecule has 2 aromatic rings. The Morgan fingerprint density at radius 1 is 1.33 bits per heavy atom. The molecule has 0 spiro atoms. The van der Waals surface area contributed by atoms with Gasteiger partial charge in [0.05, 0.1) is 24.9 Å². The van der Waals surface area contributed by atoms with Gasteiger partial charge in [-0.1, -0.05) is 18.2 Å². The summed E-state index contributed by atoms with van der Waals surface area (Å²) in [5.41, 5.74) is 0.931. The van der Waals surface area contributed by atoms with Crippen LogP contribution < -0.4 is 0 Å². The molecular formula is C14H19N5O2. The van der Waals surface area contributed by atoms with Crippen molar-refractivity contribution in [2.24, 2.45) is 0 Å². The zero-order chi connectivity index (χ0) is 14.7. The minimum atomic E-state index is 0.0934. The van der Waals surface area contributed by atoms with Crippen LogP contribution in [0.15, 0.2) is 30.3 Å². The van der Waals surface area contributed by atoms with Gasteiger partial charge in [-0.15, -0.1) is 5.10 Å². The fourth-order valence-electron chi connectivity index (χ4n) is 2.75. The number of hydrogen-bond donors (Lipinski definition) is 1. The molecule has 0 amide bonds. The number of aliphatic hydroxyl groups excluding tert-OH is 1. The highest BCUT2D eigenvalue weighted by Crippen LogP contribution is 2.22. The molecule has 1 aliphatic rings. The van der Waals surface area contributed by atoms with E-state index in [4.69, 9.17) is 4.74 Å². The molecule has 1 aromatic heterocycles. The number of para-hydroxylation sites is 1. The van der Waals surface area contributed by atoms with Crippen molar-refractivity contribution >= 4 is 0 Å². The predicted molar refractivity (Wildman–Crippen MR) is 75.9 cm³/mol. The summed E-state index contributed by atoms with van der Waals surface area (Å²) in [7, 11) is 1.70. The molecule has 3 rings (SSSR count). The average molecular weight is 289 g/mol. The Balaban J connectivity index is 1.78. The molecule has 0 radical (unpaired) electrons. The van der Waals surface area contributed by atoms with E-state index in [1.165, 1.54) is 0 Å². The molecule has 2 heterocycles. The Hall–Kier alpha value is -1.83. The Labute approximate surface area is 123 Å². The first-order valence-corrected chi connectivity index (χ1v) is 7.02. The monoisotopic (exact) mass is 289 g/mol. The lowest BCUT2D eigenvalue weighted by molar-refractivity contribution is 0.106. The van der Waals surface area contributed by atoms with Gasteiger partial charge in [0.25, 0.3) is 0 Å². The van der Waals surface area contributed by atoms with Crippen LogP contribution in [0.5, 0.6) is 0 Å². The Kier molecular flexibility index (Phi) is 4.23. The van der Waals surface area contributed by atoms with Crippen molar-refractivity contribution in [1.82, 2.24) is 25.1 Å². The average Bonchev–Trinajstić information content (AvgIpc) is 3.15. The predicted octanol–water partition coefficient (Wildman–Crippen LogP) is 0.244. The van der Waals surface area contributed by atoms with Gasteiger partial charge in [0, 0.05) is 19.7 Å². The number of tetrazole rings is 1. The number of hydrogen-bond acceptors (Lipinski definition) is 6. The molecule has 0 aliphatic carbocycles. The fourth-order valence-corrected chi connectivity index (χ4v) is 2.75. The van der Waals surface area contributed by atoms with Crippen molar-refractivity contribution in [1.29, 1.82) is 0 Å². The summed E-state index contributed by atoms with van der Waals surface area (Å²) in [4.78, 5) is 2.17. The molecule has 2 atom stereocenters. The summed E-state index contributed by atoms with van der Waals surface area (Å²) in [6, 6.07) is 9.88. The van der Waals surface area contributed by atoms with Gasteiger partial charge in [0.2, 0.25) is 0 Å². The topological polar surface area (TPSA) is 76.3 Å². The third-order valence-corrected chi connectivity index (χ3v) is 3.91. The summed E-state index contributed by atoms with van der Waals surface area (Å²) in [5.74, 6) is 0.761. The van der Waals surface area contributed by atoms with Crippen LogP contribution in [0.4, 0.5) is 0 Å². The van der Waals surface area contributed by atoms with E-state index in [2.05, 4.69) is 20.4 Å². The summed E-state index contributed by atoms with van der Waals surface area (Å²) >= 11 is 0. The van der Waals surface area contributed by atoms with Gasteiger partial charge in [-0.2, -0.15) is 4.68 Å². The van der Waals surface area contributed by atoms with Crippen LogP contribution in [-0.2, 0) is 11.3 Å². The first-order chi connectivity index (χ1) is 10.3. The third kappa shape index (κ3) is 2.94. The Morgan fingerprint density at radius 3 is 2.86 bits per heavy atom. The maximum atomic E-state index is 9.51. The number of aromatic nitrogens is 4. The van der Waals surface area contributed by atoms with Crippen molar-refractivity contribution in [2.75, 3.05) is 20.3 Å². The second-order valence-corrected chi connectivity index (χ2v) is 5.20. The minimum Gasteiger partial charge on any atom is -0.395 e. The summed E-state index contributed by atoms with van der Waals surface area (Å²) in [6.07, 6.45) is 0.989. The number of methoxy groups -OCH3 is 1. The van der Waals surface area contributed by atoms with E-state index in [0.29, 0.717) is 6.54 Å². The van der Waals surface area contributed by atoms with E-state index < -0.39 is 0 Å². The van der Waals surface area contributed by atoms with Gasteiger partial charge in [-0.05, 0) is 29.0 Å². The lowest BCUT2D eigenvalue weighted by atomic mass is 10.2. The molecule has 1 aromatic carbocycles. The van der Waals surface area contributed by atoms with Gasteiger partial charge in [-0.25, -0.2) is 0 Å². The molecule has 21 heavy (non-hydrogen) atoms. The van der Waals surface area contributed by atoms with E-state index in [9.17, 15) is 5.11 Å². The molecule has 0 unspecified atom stereocenters. The molecule has 7 nitrogen and oxygen atoms in total. The van der Waals surface area contributed by atoms with Crippen molar-refractivity contribution in [3.63, 3.8) is 0 Å². The van der Waals surface area contributed by atoms with E-state index in [0.717, 1.165) is 24.5 Å². The summed E-state index contributed by atoms with van der Waals surface area (Å²) in [6.45, 7) is 1.49. The number of nitrogens with zero attached hydrogens (tertiary/aromatic N) is 5. The molecule has 1 N–H and O–H groups in total. The highest BCUT2D eigenvalue weighted by molar-refractivity contribution is 5.30. The third-order valence-electron chi connectivity index (χ3n) is 3.91. The highest BCUT2D eigenvalue weighted by atomic mass is 16.5. The zero-order valence-corrected chi connectivity index (χ0v) is 12.0. The van der Waals surface area contributed by atoms with Crippen LogP contribution in [0.2, 0.25) is 0 Å². The van der Waals surface area contributed by atoms with Crippen LogP contribution >= 0.6 is 0 Å². The molecule has 0 saturated carbocycles. The van der Waals surface area contributed by atoms with Crippen LogP contribution in [0, 0.1) is 0 Å². The second kappa shape index (κ2) is 6.30. The molecule has 0 bridgehead atoms. The van der Waals surface area contributed by atoms with Crippen LogP contribution in [0.3, 0.4) is 0 Å². The number of ether oxygens (including phenoxy) is 1. The first-order valence-electron chi connectivity index (χ1n) is 7.02. The maximum absolute atomic E-state index is 9.51. The lowest BCUT2D eigenvalue weighted by Gasteiger charge is -2.21. The number of likely N-dealkylation sites (tertiary alicyclic amines) is 1. The van der Waals surface area contributed by atoms with Crippen LogP contribution in [-0.4, -0.2) is 62.6 Å². The number of benzene rings is 1. The van der Waals surface area contributed by atoms with Gasteiger partial charge in [0.15, 0.2) is 5.82 Å². The summed E-state index contributed by atoms with van der Waals surface area (Å²) in [5, 5.41) is 21.4. The van der Waals surface area contributed by atoms with Gasteiger partial charge in [-0.3, -0.25) is 4.90 Å². The number of aliphatic hydroxyl groups is 1. The van der Waals surface area contributed by atoms with E-state index in [-0.39, 0.29) is 18.8 Å².